The van der Waals surface area contributed by atoms with Gasteiger partial charge >= 0.3 is 0 Å². The van der Waals surface area contributed by atoms with Gasteiger partial charge in [-0.2, -0.15) is 5.10 Å². The number of aromatic nitrogens is 2. The molecule has 0 aliphatic carbocycles. The Hall–Kier alpha value is -1.55. The molecule has 0 fully saturated rings. The monoisotopic (exact) mass is 197 g/mol. The fourth-order valence-corrected chi connectivity index (χ4v) is 1.13. The minimum Gasteiger partial charge on any atom is -0.311 e. The van der Waals surface area contributed by atoms with Crippen LogP contribution in [0.5, 0.6) is 0 Å². The van der Waals surface area contributed by atoms with Gasteiger partial charge in [-0.1, -0.05) is 12.1 Å². The Morgan fingerprint density at radius 1 is 1.38 bits per heavy atom. The van der Waals surface area contributed by atoms with E-state index >= 15 is 0 Å². The molecular formula is C8H8ClN3O. The number of rotatable bonds is 2. The maximum atomic E-state index is 10.2. The lowest BCUT2D eigenvalue weighted by Crippen LogP contribution is -1.93. The predicted molar refractivity (Wildman–Crippen MR) is 53.0 cm³/mol. The second-order valence-electron chi connectivity index (χ2n) is 2.38. The fraction of sp³-hybridized carbons (Fsp3) is 0. The third-order valence-electron chi connectivity index (χ3n) is 1.67. The molecule has 0 saturated carbocycles. The first-order chi connectivity index (χ1) is 5.92. The van der Waals surface area contributed by atoms with Crippen molar-refractivity contribution in [2.75, 3.05) is 5.32 Å². The van der Waals surface area contributed by atoms with E-state index in [0.717, 1.165) is 10.9 Å². The summed E-state index contributed by atoms with van der Waals surface area (Å²) in [6.45, 7) is 0. The lowest BCUT2D eigenvalue weighted by Gasteiger charge is -1.90. The maximum Gasteiger partial charge on any atom is 0.212 e. The first-order valence-electron chi connectivity index (χ1n) is 3.55. The van der Waals surface area contributed by atoms with Crippen LogP contribution in [0, 0.1) is 0 Å². The number of benzene rings is 1. The van der Waals surface area contributed by atoms with Crippen molar-refractivity contribution in [2.24, 2.45) is 0 Å². The Morgan fingerprint density at radius 3 is 2.92 bits per heavy atom. The van der Waals surface area contributed by atoms with Crippen LogP contribution in [0.15, 0.2) is 24.3 Å². The van der Waals surface area contributed by atoms with Crippen molar-refractivity contribution < 1.29 is 4.79 Å². The summed E-state index contributed by atoms with van der Waals surface area (Å²) in [5, 5.41) is 10.1. The van der Waals surface area contributed by atoms with Crippen LogP contribution in [0.3, 0.4) is 0 Å². The molecule has 4 nitrogen and oxygen atoms in total. The molecule has 0 spiro atoms. The van der Waals surface area contributed by atoms with Gasteiger partial charge in [-0.3, -0.25) is 9.89 Å². The minimum absolute atomic E-state index is 0. The van der Waals surface area contributed by atoms with Gasteiger partial charge in [0, 0.05) is 5.39 Å². The first-order valence-corrected chi connectivity index (χ1v) is 3.55. The molecule has 0 atom stereocenters. The van der Waals surface area contributed by atoms with Gasteiger partial charge in [0.25, 0.3) is 0 Å². The highest BCUT2D eigenvalue weighted by Crippen LogP contribution is 2.18. The number of hydrogen-bond acceptors (Lipinski definition) is 2. The number of nitrogens with one attached hydrogen (secondary N) is 2. The molecular weight excluding hydrogens is 190 g/mol. The van der Waals surface area contributed by atoms with Crippen molar-refractivity contribution in [1.29, 1.82) is 0 Å². The molecule has 0 unspecified atom stereocenters. The van der Waals surface area contributed by atoms with E-state index in [1.54, 1.807) is 0 Å². The minimum atomic E-state index is 0. The number of carbonyl (C=O) groups is 1. The highest BCUT2D eigenvalue weighted by molar-refractivity contribution is 5.93. The van der Waals surface area contributed by atoms with Gasteiger partial charge in [0.1, 0.15) is 0 Å². The average molecular weight is 198 g/mol. The van der Waals surface area contributed by atoms with Gasteiger partial charge in [0.05, 0.1) is 5.52 Å². The van der Waals surface area contributed by atoms with E-state index in [1.807, 2.05) is 24.3 Å². The van der Waals surface area contributed by atoms with Gasteiger partial charge in [0.2, 0.25) is 6.41 Å². The molecule has 0 radical (unpaired) electrons. The summed E-state index contributed by atoms with van der Waals surface area (Å²) in [7, 11) is 0. The second-order valence-corrected chi connectivity index (χ2v) is 2.38. The van der Waals surface area contributed by atoms with Gasteiger partial charge in [-0.15, -0.1) is 12.4 Å². The van der Waals surface area contributed by atoms with Crippen LogP contribution < -0.4 is 5.32 Å². The van der Waals surface area contributed by atoms with Gasteiger partial charge < -0.3 is 5.32 Å². The van der Waals surface area contributed by atoms with Crippen LogP contribution in [-0.2, 0) is 4.79 Å². The summed E-state index contributed by atoms with van der Waals surface area (Å²) in [5.41, 5.74) is 0.918. The molecule has 0 aliphatic rings. The molecule has 1 heterocycles. The average Bonchev–Trinajstić information content (AvgIpc) is 2.50. The second kappa shape index (κ2) is 3.91. The van der Waals surface area contributed by atoms with Crippen molar-refractivity contribution in [3.63, 3.8) is 0 Å². The topological polar surface area (TPSA) is 57.8 Å². The Bertz CT molecular complexity index is 412. The molecule has 13 heavy (non-hydrogen) atoms. The Balaban J connectivity index is 0.000000845. The van der Waals surface area contributed by atoms with Crippen molar-refractivity contribution >= 4 is 35.5 Å². The van der Waals surface area contributed by atoms with E-state index in [-0.39, 0.29) is 12.4 Å². The van der Waals surface area contributed by atoms with Gasteiger partial charge in [0.15, 0.2) is 5.82 Å². The Kier molecular flexibility index (Phi) is 2.87. The van der Waals surface area contributed by atoms with E-state index in [0.29, 0.717) is 12.2 Å². The maximum absolute atomic E-state index is 10.2. The lowest BCUT2D eigenvalue weighted by molar-refractivity contribution is -0.105. The van der Waals surface area contributed by atoms with Crippen molar-refractivity contribution in [1.82, 2.24) is 10.2 Å². The highest BCUT2D eigenvalue weighted by atomic mass is 35.5. The van der Waals surface area contributed by atoms with E-state index in [4.69, 9.17) is 0 Å². The number of aromatic amines is 1. The lowest BCUT2D eigenvalue weighted by atomic mass is 10.2. The van der Waals surface area contributed by atoms with Crippen LogP contribution in [0.2, 0.25) is 0 Å². The predicted octanol–water partition coefficient (Wildman–Crippen LogP) is 1.55. The molecule has 0 saturated heterocycles. The summed E-state index contributed by atoms with van der Waals surface area (Å²) in [6, 6.07) is 7.60. The van der Waals surface area contributed by atoms with Crippen molar-refractivity contribution in [2.45, 2.75) is 0 Å². The molecule has 2 aromatic rings. The number of H-pyrrole nitrogens is 1. The number of amides is 1. The SMILES string of the molecule is Cl.O=CNc1n[nH]c2ccccc12. The number of hydrogen-bond donors (Lipinski definition) is 2. The molecule has 1 amide bonds. The molecule has 68 valence electrons. The first kappa shape index (κ1) is 9.54. The number of halogens is 1. The van der Waals surface area contributed by atoms with Crippen molar-refractivity contribution in [3.8, 4) is 0 Å². The third kappa shape index (κ3) is 1.62. The molecule has 1 aromatic heterocycles. The summed E-state index contributed by atoms with van der Waals surface area (Å²) in [4.78, 5) is 10.2. The van der Waals surface area contributed by atoms with E-state index < -0.39 is 0 Å². The Labute approximate surface area is 80.7 Å². The fourth-order valence-electron chi connectivity index (χ4n) is 1.13. The molecule has 2 rings (SSSR count). The number of nitrogens with zero attached hydrogens (tertiary/aromatic N) is 1. The molecule has 1 aromatic carbocycles. The Morgan fingerprint density at radius 2 is 2.15 bits per heavy atom. The van der Waals surface area contributed by atoms with Crippen LogP contribution >= 0.6 is 12.4 Å². The van der Waals surface area contributed by atoms with Gasteiger partial charge in [-0.25, -0.2) is 0 Å². The standard InChI is InChI=1S/C8H7N3O.ClH/c12-5-9-8-6-3-1-2-4-7(6)10-11-8;/h1-5H,(H2,9,10,11,12);1H. The zero-order valence-corrected chi connectivity index (χ0v) is 7.47. The van der Waals surface area contributed by atoms with Crippen LogP contribution in [0.1, 0.15) is 0 Å². The summed E-state index contributed by atoms with van der Waals surface area (Å²) in [6.07, 6.45) is 0.614. The molecule has 2 N–H and O–H groups in total. The quantitative estimate of drug-likeness (QED) is 0.718. The normalized spacial score (nSPS) is 9.23. The van der Waals surface area contributed by atoms with Gasteiger partial charge in [-0.05, 0) is 12.1 Å². The summed E-state index contributed by atoms with van der Waals surface area (Å²) >= 11 is 0. The number of carbonyl (C=O) groups excluding carboxylic acids is 1. The van der Waals surface area contributed by atoms with Crippen molar-refractivity contribution in [3.05, 3.63) is 24.3 Å². The van der Waals surface area contributed by atoms with E-state index in [9.17, 15) is 4.79 Å². The third-order valence-corrected chi connectivity index (χ3v) is 1.67. The largest absolute Gasteiger partial charge is 0.311 e. The molecule has 0 aliphatic heterocycles. The number of para-hydroxylation sites is 1. The molecule has 0 bridgehead atoms. The van der Waals surface area contributed by atoms with Crippen LogP contribution in [0.25, 0.3) is 10.9 Å². The summed E-state index contributed by atoms with van der Waals surface area (Å²) in [5.74, 6) is 0.570. The number of anilines is 1. The number of fused-ring (bicyclic) bond motifs is 1. The zero-order chi connectivity index (χ0) is 8.39. The van der Waals surface area contributed by atoms with Crippen LogP contribution in [0.4, 0.5) is 5.82 Å². The van der Waals surface area contributed by atoms with E-state index in [2.05, 4.69) is 15.5 Å². The molecule has 5 heteroatoms. The summed E-state index contributed by atoms with van der Waals surface area (Å²) < 4.78 is 0. The highest BCUT2D eigenvalue weighted by Gasteiger charge is 2.01. The zero-order valence-electron chi connectivity index (χ0n) is 6.65. The smallest absolute Gasteiger partial charge is 0.212 e. The van der Waals surface area contributed by atoms with Crippen LogP contribution in [-0.4, -0.2) is 16.6 Å². The van der Waals surface area contributed by atoms with E-state index in [1.165, 1.54) is 0 Å².